The summed E-state index contributed by atoms with van der Waals surface area (Å²) in [6, 6.07) is -0.730. The second kappa shape index (κ2) is 5.10. The van der Waals surface area contributed by atoms with Crippen LogP contribution in [0.3, 0.4) is 0 Å². The molecule has 8 heteroatoms. The number of aromatic nitrogens is 2. The summed E-state index contributed by atoms with van der Waals surface area (Å²) in [6.45, 7) is 1.86. The summed E-state index contributed by atoms with van der Waals surface area (Å²) in [5.41, 5.74) is 0.676. The number of carboxylic acids is 1. The molecule has 2 atom stereocenters. The van der Waals surface area contributed by atoms with Crippen LogP contribution in [0.2, 0.25) is 0 Å². The second-order valence-corrected chi connectivity index (χ2v) is 6.81. The SMILES string of the molecule is CC1SCC(C(=O)O)N1C(=O)Cc1cn2ccsc2n1. The van der Waals surface area contributed by atoms with Crippen LogP contribution in [-0.2, 0) is 16.0 Å². The summed E-state index contributed by atoms with van der Waals surface area (Å²) >= 11 is 2.99. The van der Waals surface area contributed by atoms with Gasteiger partial charge in [0.05, 0.1) is 17.5 Å². The zero-order valence-corrected chi connectivity index (χ0v) is 12.4. The van der Waals surface area contributed by atoms with Crippen LogP contribution >= 0.6 is 23.1 Å². The average molecular weight is 311 g/mol. The van der Waals surface area contributed by atoms with Crippen LogP contribution in [0.25, 0.3) is 4.96 Å². The van der Waals surface area contributed by atoms with Gasteiger partial charge in [-0.3, -0.25) is 9.20 Å². The topological polar surface area (TPSA) is 74.9 Å². The van der Waals surface area contributed by atoms with Gasteiger partial charge in [-0.15, -0.1) is 23.1 Å². The first kappa shape index (κ1) is 13.4. The van der Waals surface area contributed by atoms with E-state index in [2.05, 4.69) is 4.98 Å². The lowest BCUT2D eigenvalue weighted by atomic mass is 10.2. The fourth-order valence-electron chi connectivity index (χ4n) is 2.32. The minimum absolute atomic E-state index is 0.104. The Morgan fingerprint density at radius 1 is 1.55 bits per heavy atom. The third kappa shape index (κ3) is 2.29. The van der Waals surface area contributed by atoms with Gasteiger partial charge in [-0.2, -0.15) is 0 Å². The first-order valence-corrected chi connectivity index (χ1v) is 8.06. The van der Waals surface area contributed by atoms with E-state index in [1.54, 1.807) is 0 Å². The van der Waals surface area contributed by atoms with Crippen LogP contribution in [-0.4, -0.2) is 48.4 Å². The monoisotopic (exact) mass is 311 g/mol. The summed E-state index contributed by atoms with van der Waals surface area (Å²) < 4.78 is 1.87. The van der Waals surface area contributed by atoms with Crippen molar-refractivity contribution in [3.8, 4) is 0 Å². The summed E-state index contributed by atoms with van der Waals surface area (Å²) in [4.78, 5) is 30.2. The van der Waals surface area contributed by atoms with Gasteiger partial charge in [0.25, 0.3) is 0 Å². The van der Waals surface area contributed by atoms with Crippen LogP contribution < -0.4 is 0 Å². The summed E-state index contributed by atoms with van der Waals surface area (Å²) in [7, 11) is 0. The van der Waals surface area contributed by atoms with Gasteiger partial charge in [-0.1, -0.05) is 0 Å². The smallest absolute Gasteiger partial charge is 0.327 e. The van der Waals surface area contributed by atoms with Crippen molar-refractivity contribution >= 4 is 39.9 Å². The van der Waals surface area contributed by atoms with Crippen molar-refractivity contribution in [2.24, 2.45) is 0 Å². The van der Waals surface area contributed by atoms with Crippen LogP contribution in [0.1, 0.15) is 12.6 Å². The van der Waals surface area contributed by atoms with Crippen molar-refractivity contribution in [2.75, 3.05) is 5.75 Å². The molecule has 2 aromatic rings. The van der Waals surface area contributed by atoms with Gasteiger partial charge in [0.15, 0.2) is 4.96 Å². The molecule has 1 N–H and O–H groups in total. The van der Waals surface area contributed by atoms with Crippen molar-refractivity contribution < 1.29 is 14.7 Å². The Kier molecular flexibility index (Phi) is 3.43. The lowest BCUT2D eigenvalue weighted by molar-refractivity contribution is -0.148. The van der Waals surface area contributed by atoms with Gasteiger partial charge in [-0.05, 0) is 6.92 Å². The number of aliphatic carboxylic acids is 1. The van der Waals surface area contributed by atoms with Crippen molar-refractivity contribution in [1.82, 2.24) is 14.3 Å². The van der Waals surface area contributed by atoms with E-state index < -0.39 is 12.0 Å². The predicted molar refractivity (Wildman–Crippen MR) is 77.0 cm³/mol. The van der Waals surface area contributed by atoms with Crippen LogP contribution in [0.4, 0.5) is 0 Å². The fourth-order valence-corrected chi connectivity index (χ4v) is 4.23. The molecule has 1 fully saturated rings. The highest BCUT2D eigenvalue weighted by Gasteiger charge is 2.39. The zero-order valence-electron chi connectivity index (χ0n) is 10.7. The number of carbonyl (C=O) groups excluding carboxylic acids is 1. The molecule has 106 valence electrons. The van der Waals surface area contributed by atoms with Crippen LogP contribution in [0.15, 0.2) is 17.8 Å². The van der Waals surface area contributed by atoms with E-state index in [-0.39, 0.29) is 17.7 Å². The van der Waals surface area contributed by atoms with E-state index in [1.807, 2.05) is 29.1 Å². The Morgan fingerprint density at radius 3 is 3.05 bits per heavy atom. The first-order chi connectivity index (χ1) is 9.56. The lowest BCUT2D eigenvalue weighted by Gasteiger charge is -2.24. The number of fused-ring (bicyclic) bond motifs is 1. The Hall–Kier alpha value is -1.54. The zero-order chi connectivity index (χ0) is 14.3. The Balaban J connectivity index is 1.78. The van der Waals surface area contributed by atoms with Gasteiger partial charge in [0.2, 0.25) is 5.91 Å². The maximum absolute atomic E-state index is 12.3. The van der Waals surface area contributed by atoms with Gasteiger partial charge >= 0.3 is 5.97 Å². The third-order valence-corrected chi connectivity index (χ3v) is 5.26. The summed E-state index contributed by atoms with van der Waals surface area (Å²) in [5.74, 6) is -0.678. The Labute approximate surface area is 123 Å². The third-order valence-electron chi connectivity index (χ3n) is 3.27. The minimum Gasteiger partial charge on any atom is -0.480 e. The molecule has 0 aliphatic carbocycles. The lowest BCUT2D eigenvalue weighted by Crippen LogP contribution is -2.45. The molecule has 1 amide bonds. The fraction of sp³-hybridized carbons (Fsp3) is 0.417. The Morgan fingerprint density at radius 2 is 2.35 bits per heavy atom. The molecule has 0 saturated carbocycles. The number of thioether (sulfide) groups is 1. The molecule has 20 heavy (non-hydrogen) atoms. The number of nitrogens with zero attached hydrogens (tertiary/aromatic N) is 3. The predicted octanol–water partition coefficient (Wildman–Crippen LogP) is 1.31. The van der Waals surface area contributed by atoms with E-state index in [0.717, 1.165) is 4.96 Å². The molecule has 1 aliphatic rings. The molecular weight excluding hydrogens is 298 g/mol. The molecular formula is C12H13N3O3S2. The number of imidazole rings is 1. The molecule has 0 aromatic carbocycles. The largest absolute Gasteiger partial charge is 0.480 e. The van der Waals surface area contributed by atoms with Crippen LogP contribution in [0, 0.1) is 0 Å². The maximum atomic E-state index is 12.3. The quantitative estimate of drug-likeness (QED) is 0.925. The number of hydrogen-bond acceptors (Lipinski definition) is 5. The molecule has 1 aliphatic heterocycles. The van der Waals surface area contributed by atoms with Crippen molar-refractivity contribution in [1.29, 1.82) is 0 Å². The molecule has 0 spiro atoms. The number of hydrogen-bond donors (Lipinski definition) is 1. The van der Waals surface area contributed by atoms with E-state index in [1.165, 1.54) is 28.0 Å². The number of amides is 1. The van der Waals surface area contributed by atoms with Gasteiger partial charge in [0.1, 0.15) is 6.04 Å². The molecule has 3 rings (SSSR count). The molecule has 2 unspecified atom stereocenters. The Bertz CT molecular complexity index is 637. The highest BCUT2D eigenvalue weighted by Crippen LogP contribution is 2.29. The van der Waals surface area contributed by atoms with E-state index in [9.17, 15) is 14.7 Å². The van der Waals surface area contributed by atoms with Gasteiger partial charge < -0.3 is 10.0 Å². The minimum atomic E-state index is -0.943. The summed E-state index contributed by atoms with van der Waals surface area (Å²) in [6.07, 6.45) is 3.84. The highest BCUT2D eigenvalue weighted by molar-refractivity contribution is 8.00. The van der Waals surface area contributed by atoms with Crippen LogP contribution in [0.5, 0.6) is 0 Å². The number of thiazole rings is 1. The van der Waals surface area contributed by atoms with Crippen molar-refractivity contribution in [2.45, 2.75) is 24.8 Å². The van der Waals surface area contributed by atoms with Gasteiger partial charge in [-0.25, -0.2) is 9.78 Å². The molecule has 2 aromatic heterocycles. The summed E-state index contributed by atoms with van der Waals surface area (Å²) in [5, 5.41) is 11.0. The van der Waals surface area contributed by atoms with Crippen molar-refractivity contribution in [3.05, 3.63) is 23.5 Å². The van der Waals surface area contributed by atoms with Gasteiger partial charge in [0, 0.05) is 23.5 Å². The highest BCUT2D eigenvalue weighted by atomic mass is 32.2. The molecule has 0 bridgehead atoms. The standard InChI is InChI=1S/C12H13N3O3S2/c1-7-15(9(6-20-7)11(17)18)10(16)4-8-5-14-2-3-19-12(14)13-8/h2-3,5,7,9H,4,6H2,1H3,(H,17,18). The average Bonchev–Trinajstić information content (AvgIpc) is 3.02. The van der Waals surface area contributed by atoms with Crippen molar-refractivity contribution in [3.63, 3.8) is 0 Å². The molecule has 0 radical (unpaired) electrons. The normalized spacial score (nSPS) is 22.6. The molecule has 6 nitrogen and oxygen atoms in total. The maximum Gasteiger partial charge on any atom is 0.327 e. The number of rotatable bonds is 3. The van der Waals surface area contributed by atoms with E-state index in [4.69, 9.17) is 0 Å². The first-order valence-electron chi connectivity index (χ1n) is 6.13. The molecule has 3 heterocycles. The number of carboxylic acid groups (broad SMARTS) is 1. The second-order valence-electron chi connectivity index (χ2n) is 4.59. The number of carbonyl (C=O) groups is 2. The van der Waals surface area contributed by atoms with E-state index >= 15 is 0 Å². The van der Waals surface area contributed by atoms with E-state index in [0.29, 0.717) is 11.4 Å². The molecule has 1 saturated heterocycles.